The molecule has 0 fully saturated rings. The highest BCUT2D eigenvalue weighted by atomic mass is 32.2. The smallest absolute Gasteiger partial charge is 0.326 e. The van der Waals surface area contributed by atoms with Crippen LogP contribution in [0.15, 0.2) is 36.0 Å². The maximum absolute atomic E-state index is 12.0. The summed E-state index contributed by atoms with van der Waals surface area (Å²) in [6.07, 6.45) is 3.22. The molecule has 0 saturated heterocycles. The third-order valence-corrected chi connectivity index (χ3v) is 3.68. The fourth-order valence-electron chi connectivity index (χ4n) is 1.71. The summed E-state index contributed by atoms with van der Waals surface area (Å²) in [4.78, 5) is 33.1. The number of hydrogen-bond donors (Lipinski definition) is 3. The summed E-state index contributed by atoms with van der Waals surface area (Å²) >= 11 is 1.48. The molecule has 10 heteroatoms. The van der Waals surface area contributed by atoms with Crippen LogP contribution in [0.25, 0.3) is 0 Å². The number of hydrogen-bond acceptors (Lipinski definition) is 7. The fraction of sp³-hybridized carbons (Fsp3) is 0.267. The number of carbonyl (C=O) groups excluding carboxylic acids is 1. The highest BCUT2D eigenvalue weighted by molar-refractivity contribution is 7.98. The van der Waals surface area contributed by atoms with Gasteiger partial charge < -0.3 is 15.7 Å². The average Bonchev–Trinajstić information content (AvgIpc) is 2.58. The molecule has 0 aliphatic rings. The van der Waals surface area contributed by atoms with Gasteiger partial charge in [-0.3, -0.25) is 14.9 Å². The molecule has 0 bridgehead atoms. The first-order chi connectivity index (χ1) is 11.9. The number of amides is 1. The molecule has 0 radical (unpaired) electrons. The van der Waals surface area contributed by atoms with Crippen molar-refractivity contribution in [3.05, 3.63) is 46.2 Å². The Kier molecular flexibility index (Phi) is 7.95. The van der Waals surface area contributed by atoms with Crippen LogP contribution in [0.3, 0.4) is 0 Å². The van der Waals surface area contributed by atoms with Gasteiger partial charge in [-0.25, -0.2) is 4.79 Å². The third kappa shape index (κ3) is 6.52. The van der Waals surface area contributed by atoms with Crippen LogP contribution in [0, 0.1) is 21.4 Å². The number of nitrogens with zero attached hydrogens (tertiary/aromatic N) is 2. The summed E-state index contributed by atoms with van der Waals surface area (Å²) in [5.41, 5.74) is -0.170. The summed E-state index contributed by atoms with van der Waals surface area (Å²) in [7, 11) is 0. The van der Waals surface area contributed by atoms with Crippen LogP contribution < -0.4 is 10.6 Å². The second kappa shape index (κ2) is 9.94. The number of anilines is 1. The SMILES string of the molecule is CSCCC(N/C=C(/C#N)C(=O)Nc1ccc([N+](=O)[O-])cc1)C(=O)O. The van der Waals surface area contributed by atoms with Gasteiger partial charge >= 0.3 is 5.97 Å². The van der Waals surface area contributed by atoms with E-state index in [2.05, 4.69) is 10.6 Å². The number of non-ortho nitro benzene ring substituents is 1. The lowest BCUT2D eigenvalue weighted by atomic mass is 10.2. The Balaban J connectivity index is 2.77. The Labute approximate surface area is 147 Å². The monoisotopic (exact) mass is 364 g/mol. The lowest BCUT2D eigenvalue weighted by Crippen LogP contribution is -2.34. The predicted molar refractivity (Wildman–Crippen MR) is 93.0 cm³/mol. The van der Waals surface area contributed by atoms with Gasteiger partial charge in [0.1, 0.15) is 17.7 Å². The molecule has 0 aliphatic heterocycles. The molecular formula is C15H16N4O5S. The maximum atomic E-state index is 12.0. The summed E-state index contributed by atoms with van der Waals surface area (Å²) in [5, 5.41) is 33.7. The van der Waals surface area contributed by atoms with E-state index in [-0.39, 0.29) is 16.9 Å². The van der Waals surface area contributed by atoms with Crippen LogP contribution in [0.1, 0.15) is 6.42 Å². The Morgan fingerprint density at radius 1 is 1.44 bits per heavy atom. The molecule has 1 unspecified atom stereocenters. The van der Waals surface area contributed by atoms with Gasteiger partial charge in [0.25, 0.3) is 11.6 Å². The Bertz CT molecular complexity index is 712. The quantitative estimate of drug-likeness (QED) is 0.260. The van der Waals surface area contributed by atoms with Gasteiger partial charge in [-0.05, 0) is 30.6 Å². The minimum Gasteiger partial charge on any atom is -0.480 e. The molecule has 0 heterocycles. The van der Waals surface area contributed by atoms with Gasteiger partial charge in [-0.15, -0.1) is 0 Å². The van der Waals surface area contributed by atoms with Crippen molar-refractivity contribution in [2.75, 3.05) is 17.3 Å². The molecule has 25 heavy (non-hydrogen) atoms. The van der Waals surface area contributed by atoms with Gasteiger partial charge in [0.15, 0.2) is 0 Å². The van der Waals surface area contributed by atoms with Crippen LogP contribution in [-0.4, -0.2) is 40.0 Å². The minimum atomic E-state index is -1.08. The molecule has 9 nitrogen and oxygen atoms in total. The summed E-state index contributed by atoms with van der Waals surface area (Å²) in [5.74, 6) is -1.23. The predicted octanol–water partition coefficient (Wildman–Crippen LogP) is 1.74. The van der Waals surface area contributed by atoms with Crippen molar-refractivity contribution in [2.24, 2.45) is 0 Å². The number of nitrogens with one attached hydrogen (secondary N) is 2. The van der Waals surface area contributed by atoms with E-state index in [1.807, 2.05) is 6.26 Å². The number of carbonyl (C=O) groups is 2. The minimum absolute atomic E-state index is 0.131. The highest BCUT2D eigenvalue weighted by Crippen LogP contribution is 2.16. The second-order valence-electron chi connectivity index (χ2n) is 4.77. The second-order valence-corrected chi connectivity index (χ2v) is 5.75. The van der Waals surface area contributed by atoms with E-state index in [9.17, 15) is 19.7 Å². The van der Waals surface area contributed by atoms with Crippen molar-refractivity contribution in [2.45, 2.75) is 12.5 Å². The number of benzene rings is 1. The molecule has 3 N–H and O–H groups in total. The molecule has 0 saturated carbocycles. The van der Waals surface area contributed by atoms with E-state index in [1.54, 1.807) is 6.07 Å². The average molecular weight is 364 g/mol. The first-order valence-electron chi connectivity index (χ1n) is 7.03. The number of thioether (sulfide) groups is 1. The van der Waals surface area contributed by atoms with E-state index < -0.39 is 22.8 Å². The van der Waals surface area contributed by atoms with Gasteiger partial charge in [0, 0.05) is 24.0 Å². The zero-order valence-corrected chi connectivity index (χ0v) is 14.1. The van der Waals surface area contributed by atoms with Crippen LogP contribution in [0.2, 0.25) is 0 Å². The fourth-order valence-corrected chi connectivity index (χ4v) is 2.18. The van der Waals surface area contributed by atoms with Crippen molar-refractivity contribution in [1.29, 1.82) is 5.26 Å². The van der Waals surface area contributed by atoms with Gasteiger partial charge in [0.2, 0.25) is 0 Å². The zero-order chi connectivity index (χ0) is 18.8. The normalized spacial score (nSPS) is 11.9. The summed E-state index contributed by atoms with van der Waals surface area (Å²) < 4.78 is 0. The molecule has 0 aromatic heterocycles. The molecule has 0 spiro atoms. The summed E-state index contributed by atoms with van der Waals surface area (Å²) in [6, 6.07) is 5.86. The molecule has 1 atom stereocenters. The molecule has 0 aliphatic carbocycles. The number of carboxylic acids is 1. The van der Waals surface area contributed by atoms with Crippen molar-refractivity contribution in [3.63, 3.8) is 0 Å². The third-order valence-electron chi connectivity index (χ3n) is 3.04. The topological polar surface area (TPSA) is 145 Å². The molecule has 1 aromatic rings. The first kappa shape index (κ1) is 20.0. The number of nitro benzene ring substituents is 1. The Morgan fingerprint density at radius 2 is 2.08 bits per heavy atom. The van der Waals surface area contributed by atoms with Crippen LogP contribution in [-0.2, 0) is 9.59 Å². The molecule has 1 rings (SSSR count). The molecule has 132 valence electrons. The van der Waals surface area contributed by atoms with Crippen molar-refractivity contribution in [3.8, 4) is 6.07 Å². The van der Waals surface area contributed by atoms with E-state index in [0.717, 1.165) is 6.20 Å². The van der Waals surface area contributed by atoms with Gasteiger partial charge in [0.05, 0.1) is 4.92 Å². The zero-order valence-electron chi connectivity index (χ0n) is 13.3. The largest absolute Gasteiger partial charge is 0.480 e. The van der Waals surface area contributed by atoms with E-state index in [4.69, 9.17) is 10.4 Å². The Morgan fingerprint density at radius 3 is 2.56 bits per heavy atom. The van der Waals surface area contributed by atoms with E-state index >= 15 is 0 Å². The molecule has 1 amide bonds. The standard InChI is InChI=1S/C15H16N4O5S/c1-25-7-6-13(15(21)22)17-9-10(8-16)14(20)18-11-2-4-12(5-3-11)19(23)24/h2-5,9,13,17H,6-7H2,1H3,(H,18,20)(H,21,22)/b10-9-. The number of aliphatic carboxylic acids is 1. The van der Waals surface area contributed by atoms with Crippen LogP contribution in [0.4, 0.5) is 11.4 Å². The number of rotatable bonds is 9. The lowest BCUT2D eigenvalue weighted by molar-refractivity contribution is -0.384. The number of nitro groups is 1. The lowest BCUT2D eigenvalue weighted by Gasteiger charge is -2.12. The van der Waals surface area contributed by atoms with Crippen LogP contribution in [0.5, 0.6) is 0 Å². The highest BCUT2D eigenvalue weighted by Gasteiger charge is 2.17. The van der Waals surface area contributed by atoms with Gasteiger partial charge in [-0.2, -0.15) is 17.0 Å². The van der Waals surface area contributed by atoms with Crippen molar-refractivity contribution >= 4 is 35.0 Å². The van der Waals surface area contributed by atoms with Crippen molar-refractivity contribution < 1.29 is 19.6 Å². The molecular weight excluding hydrogens is 348 g/mol. The van der Waals surface area contributed by atoms with Gasteiger partial charge in [-0.1, -0.05) is 0 Å². The van der Waals surface area contributed by atoms with E-state index in [0.29, 0.717) is 12.2 Å². The van der Waals surface area contributed by atoms with E-state index in [1.165, 1.54) is 36.0 Å². The van der Waals surface area contributed by atoms with Crippen LogP contribution >= 0.6 is 11.8 Å². The number of carboxylic acid groups (broad SMARTS) is 1. The maximum Gasteiger partial charge on any atom is 0.326 e. The Hall–Kier alpha value is -3.06. The first-order valence-corrected chi connectivity index (χ1v) is 8.42. The molecule has 1 aromatic carbocycles. The van der Waals surface area contributed by atoms with Crippen molar-refractivity contribution in [1.82, 2.24) is 5.32 Å². The number of nitriles is 1. The summed E-state index contributed by atoms with van der Waals surface area (Å²) in [6.45, 7) is 0.